The zero-order chi connectivity index (χ0) is 17.0. The second-order valence-corrected chi connectivity index (χ2v) is 8.00. The van der Waals surface area contributed by atoms with Crippen molar-refractivity contribution >= 4 is 11.9 Å². The topological polar surface area (TPSA) is 74.6 Å². The molecule has 0 bridgehead atoms. The molecule has 0 aliphatic rings. The van der Waals surface area contributed by atoms with Gasteiger partial charge in [-0.05, 0) is 37.0 Å². The van der Waals surface area contributed by atoms with Crippen molar-refractivity contribution in [3.63, 3.8) is 0 Å². The van der Waals surface area contributed by atoms with Crippen molar-refractivity contribution in [2.24, 2.45) is 28.6 Å². The molecular formula is C17H32O4. The zero-order valence-corrected chi connectivity index (χ0v) is 14.6. The summed E-state index contributed by atoms with van der Waals surface area (Å²) in [4.78, 5) is 23.6. The van der Waals surface area contributed by atoms with Gasteiger partial charge in [0.25, 0.3) is 0 Å². The van der Waals surface area contributed by atoms with Gasteiger partial charge in [0.1, 0.15) is 0 Å². The van der Waals surface area contributed by atoms with E-state index < -0.39 is 23.3 Å². The van der Waals surface area contributed by atoms with Crippen LogP contribution in [0.15, 0.2) is 0 Å². The zero-order valence-electron chi connectivity index (χ0n) is 14.6. The molecule has 0 aromatic rings. The highest BCUT2D eigenvalue weighted by atomic mass is 16.4. The molecule has 124 valence electrons. The summed E-state index contributed by atoms with van der Waals surface area (Å²) in [5.74, 6) is -2.87. The average molecular weight is 300 g/mol. The molecular weight excluding hydrogens is 268 g/mol. The van der Waals surface area contributed by atoms with Gasteiger partial charge in [-0.1, -0.05) is 48.0 Å². The van der Waals surface area contributed by atoms with Crippen molar-refractivity contribution in [2.75, 3.05) is 0 Å². The predicted octanol–water partition coefficient (Wildman–Crippen LogP) is 4.29. The molecule has 21 heavy (non-hydrogen) atoms. The SMILES string of the molecule is CCC(C)CC(C)(C(=O)O)C(C(=O)O)C(C)CC(C)(C)C. The van der Waals surface area contributed by atoms with Crippen LogP contribution in [0, 0.1) is 28.6 Å². The van der Waals surface area contributed by atoms with Crippen LogP contribution in [0.2, 0.25) is 0 Å². The van der Waals surface area contributed by atoms with Crippen LogP contribution >= 0.6 is 0 Å². The summed E-state index contributed by atoms with van der Waals surface area (Å²) < 4.78 is 0. The second kappa shape index (κ2) is 7.28. The Morgan fingerprint density at radius 3 is 1.76 bits per heavy atom. The number of hydrogen-bond donors (Lipinski definition) is 2. The molecule has 4 heteroatoms. The third-order valence-corrected chi connectivity index (χ3v) is 4.41. The summed E-state index contributed by atoms with van der Waals surface area (Å²) in [7, 11) is 0. The van der Waals surface area contributed by atoms with Gasteiger partial charge in [0.15, 0.2) is 0 Å². The lowest BCUT2D eigenvalue weighted by Gasteiger charge is -2.38. The highest BCUT2D eigenvalue weighted by Crippen LogP contribution is 2.43. The Labute approximate surface area is 128 Å². The minimum absolute atomic E-state index is 0.0249. The number of carbonyl (C=O) groups is 2. The molecule has 0 amide bonds. The van der Waals surface area contributed by atoms with Gasteiger partial charge in [-0.25, -0.2) is 0 Å². The van der Waals surface area contributed by atoms with Crippen LogP contribution in [0.3, 0.4) is 0 Å². The first-order valence-electron chi connectivity index (χ1n) is 7.81. The van der Waals surface area contributed by atoms with E-state index in [0.29, 0.717) is 12.8 Å². The minimum Gasteiger partial charge on any atom is -0.481 e. The first-order chi connectivity index (χ1) is 9.35. The molecule has 0 fully saturated rings. The van der Waals surface area contributed by atoms with Crippen LogP contribution in [-0.4, -0.2) is 22.2 Å². The van der Waals surface area contributed by atoms with Gasteiger partial charge in [-0.15, -0.1) is 0 Å². The Balaban J connectivity index is 5.55. The van der Waals surface area contributed by atoms with Gasteiger partial charge < -0.3 is 10.2 Å². The number of carboxylic acids is 2. The lowest BCUT2D eigenvalue weighted by Crippen LogP contribution is -2.45. The van der Waals surface area contributed by atoms with Crippen molar-refractivity contribution in [2.45, 2.75) is 67.7 Å². The van der Waals surface area contributed by atoms with Gasteiger partial charge in [0.05, 0.1) is 11.3 Å². The molecule has 2 N–H and O–H groups in total. The number of carboxylic acid groups (broad SMARTS) is 2. The van der Waals surface area contributed by atoms with E-state index >= 15 is 0 Å². The molecule has 4 unspecified atom stereocenters. The smallest absolute Gasteiger partial charge is 0.310 e. The van der Waals surface area contributed by atoms with E-state index in [4.69, 9.17) is 0 Å². The van der Waals surface area contributed by atoms with Crippen LogP contribution in [0.1, 0.15) is 67.7 Å². The summed E-state index contributed by atoms with van der Waals surface area (Å²) in [6, 6.07) is 0. The highest BCUT2D eigenvalue weighted by molar-refractivity contribution is 5.83. The van der Waals surface area contributed by atoms with Crippen LogP contribution in [-0.2, 0) is 9.59 Å². The Hall–Kier alpha value is -1.06. The van der Waals surface area contributed by atoms with E-state index in [1.165, 1.54) is 0 Å². The Morgan fingerprint density at radius 1 is 1.00 bits per heavy atom. The fourth-order valence-electron chi connectivity index (χ4n) is 3.44. The van der Waals surface area contributed by atoms with Crippen molar-refractivity contribution in [3.05, 3.63) is 0 Å². The maximum Gasteiger partial charge on any atom is 0.310 e. The maximum atomic E-state index is 11.8. The fraction of sp³-hybridized carbons (Fsp3) is 0.882. The van der Waals surface area contributed by atoms with Gasteiger partial charge in [-0.2, -0.15) is 0 Å². The molecule has 0 saturated carbocycles. The summed E-state index contributed by atoms with van der Waals surface area (Å²) in [5, 5.41) is 19.3. The molecule has 0 rings (SSSR count). The third-order valence-electron chi connectivity index (χ3n) is 4.41. The van der Waals surface area contributed by atoms with Gasteiger partial charge >= 0.3 is 11.9 Å². The van der Waals surface area contributed by atoms with Crippen molar-refractivity contribution in [3.8, 4) is 0 Å². The quantitative estimate of drug-likeness (QED) is 0.701. The Bertz CT molecular complexity index is 369. The van der Waals surface area contributed by atoms with E-state index in [1.807, 2.05) is 20.8 Å². The lowest BCUT2D eigenvalue weighted by molar-refractivity contribution is -0.166. The average Bonchev–Trinajstić information content (AvgIpc) is 2.25. The van der Waals surface area contributed by atoms with E-state index in [0.717, 1.165) is 6.42 Å². The van der Waals surface area contributed by atoms with Crippen LogP contribution in [0.4, 0.5) is 0 Å². The summed E-state index contributed by atoms with van der Waals surface area (Å²) in [6.45, 7) is 13.6. The van der Waals surface area contributed by atoms with E-state index in [9.17, 15) is 19.8 Å². The summed E-state index contributed by atoms with van der Waals surface area (Å²) in [5.41, 5.74) is -1.26. The fourth-order valence-corrected chi connectivity index (χ4v) is 3.44. The molecule has 0 radical (unpaired) electrons. The second-order valence-electron chi connectivity index (χ2n) is 8.00. The molecule has 0 aromatic carbocycles. The van der Waals surface area contributed by atoms with E-state index in [-0.39, 0.29) is 17.3 Å². The number of hydrogen-bond acceptors (Lipinski definition) is 2. The third kappa shape index (κ3) is 5.68. The Kier molecular flexibility index (Phi) is 6.91. The van der Waals surface area contributed by atoms with Gasteiger partial charge in [0, 0.05) is 0 Å². The lowest BCUT2D eigenvalue weighted by atomic mass is 9.64. The van der Waals surface area contributed by atoms with E-state index in [2.05, 4.69) is 20.8 Å². The molecule has 0 heterocycles. The largest absolute Gasteiger partial charge is 0.481 e. The summed E-state index contributed by atoms with van der Waals surface area (Å²) in [6.07, 6.45) is 1.93. The molecule has 4 atom stereocenters. The van der Waals surface area contributed by atoms with E-state index in [1.54, 1.807) is 6.92 Å². The van der Waals surface area contributed by atoms with Crippen molar-refractivity contribution < 1.29 is 19.8 Å². The molecule has 0 spiro atoms. The van der Waals surface area contributed by atoms with Crippen molar-refractivity contribution in [1.29, 1.82) is 0 Å². The number of aliphatic carboxylic acids is 2. The first-order valence-corrected chi connectivity index (χ1v) is 7.81. The van der Waals surface area contributed by atoms with Crippen LogP contribution in [0.25, 0.3) is 0 Å². The minimum atomic E-state index is -1.23. The number of rotatable bonds is 8. The molecule has 0 aliphatic heterocycles. The van der Waals surface area contributed by atoms with Crippen LogP contribution < -0.4 is 0 Å². The van der Waals surface area contributed by atoms with Gasteiger partial charge in [-0.3, -0.25) is 9.59 Å². The highest BCUT2D eigenvalue weighted by Gasteiger charge is 2.49. The predicted molar refractivity (Wildman–Crippen MR) is 84.2 cm³/mol. The van der Waals surface area contributed by atoms with Crippen molar-refractivity contribution in [1.82, 2.24) is 0 Å². The maximum absolute atomic E-state index is 11.8. The van der Waals surface area contributed by atoms with Gasteiger partial charge in [0.2, 0.25) is 0 Å². The molecule has 4 nitrogen and oxygen atoms in total. The summed E-state index contributed by atoms with van der Waals surface area (Å²) >= 11 is 0. The Morgan fingerprint density at radius 2 is 1.48 bits per heavy atom. The first kappa shape index (κ1) is 19.9. The molecule has 0 saturated heterocycles. The van der Waals surface area contributed by atoms with Crippen LogP contribution in [0.5, 0.6) is 0 Å². The normalized spacial score (nSPS) is 19.4. The monoisotopic (exact) mass is 300 g/mol. The standard InChI is InChI=1S/C17H32O4/c1-8-11(2)9-17(7,15(20)21)13(14(18)19)12(3)10-16(4,5)6/h11-13H,8-10H2,1-7H3,(H,18,19)(H,20,21). The molecule has 0 aliphatic carbocycles. The molecule has 0 aromatic heterocycles.